The van der Waals surface area contributed by atoms with Gasteiger partial charge in [0.05, 0.1) is 0 Å². The van der Waals surface area contributed by atoms with Gasteiger partial charge in [-0.1, -0.05) is 0 Å². The van der Waals surface area contributed by atoms with Gasteiger partial charge in [0.2, 0.25) is 0 Å². The van der Waals surface area contributed by atoms with Crippen molar-refractivity contribution < 1.29 is 0 Å². The van der Waals surface area contributed by atoms with Gasteiger partial charge in [0, 0.05) is 36.3 Å². The Morgan fingerprint density at radius 1 is 0.762 bits per heavy atom. The molecule has 124 valence electrons. The third-order valence-corrected chi connectivity index (χ3v) is 5.10. The minimum absolute atomic E-state index is 0.255. The number of hydrogen-bond donors (Lipinski definition) is 1. The molecule has 0 radical (unpaired) electrons. The van der Waals surface area contributed by atoms with Crippen LogP contribution in [-0.4, -0.2) is 59.1 Å². The highest BCUT2D eigenvalue weighted by Gasteiger charge is 2.32. The molecule has 2 aliphatic heterocycles. The Labute approximate surface area is 132 Å². The lowest BCUT2D eigenvalue weighted by molar-refractivity contribution is 0.0434. The summed E-state index contributed by atoms with van der Waals surface area (Å²) in [7, 11) is 0. The van der Waals surface area contributed by atoms with Crippen LogP contribution in [0.4, 0.5) is 0 Å². The monoisotopic (exact) mass is 295 g/mol. The molecule has 0 aromatic rings. The lowest BCUT2D eigenvalue weighted by Crippen LogP contribution is -2.54. The zero-order chi connectivity index (χ0) is 15.7. The van der Waals surface area contributed by atoms with Gasteiger partial charge in [0.25, 0.3) is 0 Å². The second kappa shape index (κ2) is 6.55. The molecule has 0 aliphatic carbocycles. The third kappa shape index (κ3) is 5.22. The average molecular weight is 296 g/mol. The summed E-state index contributed by atoms with van der Waals surface area (Å²) in [4.78, 5) is 5.41. The molecular formula is C18H37N3. The minimum Gasteiger partial charge on any atom is -0.309 e. The molecule has 0 saturated carbocycles. The molecule has 2 saturated heterocycles. The first-order chi connectivity index (χ1) is 9.65. The standard InChI is InChI=1S/C18H37N3/c1-17(2,3)19-15-7-11-20(12-8-15)16-9-13-21(14-10-16)18(4,5)6/h15-16,19H,7-14H2,1-6H3. The van der Waals surface area contributed by atoms with Crippen LogP contribution in [0.5, 0.6) is 0 Å². The number of rotatable bonds is 2. The Hall–Kier alpha value is -0.120. The van der Waals surface area contributed by atoms with Gasteiger partial charge in [-0.2, -0.15) is 0 Å². The average Bonchev–Trinajstić information content (AvgIpc) is 2.37. The van der Waals surface area contributed by atoms with Gasteiger partial charge in [-0.25, -0.2) is 0 Å². The lowest BCUT2D eigenvalue weighted by atomic mass is 9.94. The highest BCUT2D eigenvalue weighted by atomic mass is 15.2. The fourth-order valence-electron chi connectivity index (χ4n) is 3.92. The molecule has 3 heteroatoms. The second-order valence-electron chi connectivity index (χ2n) is 9.09. The zero-order valence-electron chi connectivity index (χ0n) is 15.2. The molecule has 2 rings (SSSR count). The van der Waals surface area contributed by atoms with Gasteiger partial charge in [-0.3, -0.25) is 4.90 Å². The predicted molar refractivity (Wildman–Crippen MR) is 91.8 cm³/mol. The molecule has 0 spiro atoms. The minimum atomic E-state index is 0.255. The van der Waals surface area contributed by atoms with E-state index in [2.05, 4.69) is 56.7 Å². The van der Waals surface area contributed by atoms with E-state index >= 15 is 0 Å². The summed E-state index contributed by atoms with van der Waals surface area (Å²) in [5.74, 6) is 0. The smallest absolute Gasteiger partial charge is 0.0125 e. The fraction of sp³-hybridized carbons (Fsp3) is 1.00. The maximum atomic E-state index is 3.77. The molecule has 0 aromatic carbocycles. The molecule has 2 aliphatic rings. The van der Waals surface area contributed by atoms with Crippen molar-refractivity contribution in [3.63, 3.8) is 0 Å². The van der Waals surface area contributed by atoms with Crippen LogP contribution in [0.25, 0.3) is 0 Å². The molecule has 1 N–H and O–H groups in total. The highest BCUT2D eigenvalue weighted by Crippen LogP contribution is 2.25. The molecule has 0 aromatic heterocycles. The number of hydrogen-bond acceptors (Lipinski definition) is 3. The van der Waals surface area contributed by atoms with E-state index in [1.807, 2.05) is 0 Å². The number of nitrogens with one attached hydrogen (secondary N) is 1. The maximum Gasteiger partial charge on any atom is 0.0125 e. The van der Waals surface area contributed by atoms with Crippen molar-refractivity contribution >= 4 is 0 Å². The first-order valence-electron chi connectivity index (χ1n) is 8.92. The van der Waals surface area contributed by atoms with Crippen LogP contribution in [0, 0.1) is 0 Å². The molecular weight excluding hydrogens is 258 g/mol. The topological polar surface area (TPSA) is 18.5 Å². The highest BCUT2D eigenvalue weighted by molar-refractivity contribution is 4.89. The number of nitrogens with zero attached hydrogens (tertiary/aromatic N) is 2. The van der Waals surface area contributed by atoms with Crippen LogP contribution in [0.3, 0.4) is 0 Å². The van der Waals surface area contributed by atoms with Crippen molar-refractivity contribution in [1.82, 2.24) is 15.1 Å². The number of piperidine rings is 2. The summed E-state index contributed by atoms with van der Waals surface area (Å²) in [5, 5.41) is 3.77. The van der Waals surface area contributed by atoms with Crippen LogP contribution in [-0.2, 0) is 0 Å². The van der Waals surface area contributed by atoms with Crippen molar-refractivity contribution in [2.75, 3.05) is 26.2 Å². The first-order valence-corrected chi connectivity index (χ1v) is 8.92. The van der Waals surface area contributed by atoms with Gasteiger partial charge in [0.1, 0.15) is 0 Å². The summed E-state index contributed by atoms with van der Waals surface area (Å²) < 4.78 is 0. The Kier molecular flexibility index (Phi) is 5.38. The van der Waals surface area contributed by atoms with E-state index in [-0.39, 0.29) is 5.54 Å². The van der Waals surface area contributed by atoms with Gasteiger partial charge < -0.3 is 10.2 Å². The van der Waals surface area contributed by atoms with E-state index < -0.39 is 0 Å². The van der Waals surface area contributed by atoms with Crippen molar-refractivity contribution in [2.24, 2.45) is 0 Å². The van der Waals surface area contributed by atoms with E-state index in [1.165, 1.54) is 51.9 Å². The third-order valence-electron chi connectivity index (χ3n) is 5.10. The predicted octanol–water partition coefficient (Wildman–Crippen LogP) is 3.10. The summed E-state index contributed by atoms with van der Waals surface area (Å²) in [5.41, 5.74) is 0.597. The largest absolute Gasteiger partial charge is 0.309 e. The summed E-state index contributed by atoms with van der Waals surface area (Å²) in [6.45, 7) is 19.0. The zero-order valence-corrected chi connectivity index (χ0v) is 15.2. The number of likely N-dealkylation sites (tertiary alicyclic amines) is 2. The van der Waals surface area contributed by atoms with Crippen LogP contribution in [0.15, 0.2) is 0 Å². The molecule has 0 unspecified atom stereocenters. The van der Waals surface area contributed by atoms with Gasteiger partial charge in [0.15, 0.2) is 0 Å². The lowest BCUT2D eigenvalue weighted by Gasteiger charge is -2.46. The quantitative estimate of drug-likeness (QED) is 0.844. The summed E-state index contributed by atoms with van der Waals surface area (Å²) >= 11 is 0. The molecule has 0 atom stereocenters. The second-order valence-corrected chi connectivity index (χ2v) is 9.09. The van der Waals surface area contributed by atoms with E-state index in [0.29, 0.717) is 5.54 Å². The maximum absolute atomic E-state index is 3.77. The molecule has 2 heterocycles. The van der Waals surface area contributed by atoms with Crippen molar-refractivity contribution in [2.45, 2.75) is 90.4 Å². The molecule has 0 amide bonds. The van der Waals surface area contributed by atoms with E-state index in [1.54, 1.807) is 0 Å². The van der Waals surface area contributed by atoms with Gasteiger partial charge >= 0.3 is 0 Å². The Morgan fingerprint density at radius 3 is 1.71 bits per heavy atom. The van der Waals surface area contributed by atoms with Crippen molar-refractivity contribution in [1.29, 1.82) is 0 Å². The van der Waals surface area contributed by atoms with Gasteiger partial charge in [-0.05, 0) is 80.3 Å². The van der Waals surface area contributed by atoms with Crippen LogP contribution in [0.1, 0.15) is 67.2 Å². The Morgan fingerprint density at radius 2 is 1.29 bits per heavy atom. The molecule has 21 heavy (non-hydrogen) atoms. The van der Waals surface area contributed by atoms with Crippen LogP contribution in [0.2, 0.25) is 0 Å². The fourth-order valence-corrected chi connectivity index (χ4v) is 3.92. The molecule has 0 bridgehead atoms. The van der Waals surface area contributed by atoms with E-state index in [0.717, 1.165) is 12.1 Å². The van der Waals surface area contributed by atoms with Crippen molar-refractivity contribution in [3.05, 3.63) is 0 Å². The van der Waals surface area contributed by atoms with Gasteiger partial charge in [-0.15, -0.1) is 0 Å². The van der Waals surface area contributed by atoms with Crippen LogP contribution >= 0.6 is 0 Å². The molecule has 3 nitrogen and oxygen atoms in total. The van der Waals surface area contributed by atoms with E-state index in [9.17, 15) is 0 Å². The Bertz CT molecular complexity index is 310. The summed E-state index contributed by atoms with van der Waals surface area (Å²) in [6.07, 6.45) is 5.34. The SMILES string of the molecule is CC(C)(C)NC1CCN(C2CCN(C(C)(C)C)CC2)CC1. The Balaban J connectivity index is 1.74. The van der Waals surface area contributed by atoms with Crippen LogP contribution < -0.4 is 5.32 Å². The van der Waals surface area contributed by atoms with Crippen molar-refractivity contribution in [3.8, 4) is 0 Å². The first kappa shape index (κ1) is 17.2. The normalized spacial score (nSPS) is 25.4. The van der Waals surface area contributed by atoms with E-state index in [4.69, 9.17) is 0 Å². The summed E-state index contributed by atoms with van der Waals surface area (Å²) in [6, 6.07) is 1.55. The molecule has 2 fully saturated rings.